The third-order valence-corrected chi connectivity index (χ3v) is 4.46. The van der Waals surface area contributed by atoms with Crippen molar-refractivity contribution in [1.82, 2.24) is 0 Å². The molecule has 0 radical (unpaired) electrons. The largest absolute Gasteiger partial charge is 0.491 e. The number of anilines is 1. The molecule has 4 nitrogen and oxygen atoms in total. The number of fused-ring (bicyclic) bond motifs is 1. The third-order valence-electron chi connectivity index (χ3n) is 4.46. The molecule has 0 fully saturated rings. The van der Waals surface area contributed by atoms with Gasteiger partial charge in [0.15, 0.2) is 5.78 Å². The maximum absolute atomic E-state index is 11.3. The molecular weight excluding hydrogens is 302 g/mol. The Hall–Kier alpha value is -2.33. The Morgan fingerprint density at radius 3 is 2.67 bits per heavy atom. The number of carbonyl (C=O) groups is 1. The summed E-state index contributed by atoms with van der Waals surface area (Å²) < 4.78 is 5.65. The van der Waals surface area contributed by atoms with Gasteiger partial charge in [0, 0.05) is 23.8 Å². The summed E-state index contributed by atoms with van der Waals surface area (Å²) in [6.07, 6.45) is 0.432. The number of ether oxygens (including phenoxy) is 1. The van der Waals surface area contributed by atoms with Crippen LogP contribution in [0.5, 0.6) is 5.75 Å². The Kier molecular flexibility index (Phi) is 4.86. The summed E-state index contributed by atoms with van der Waals surface area (Å²) in [4.78, 5) is 13.5. The fourth-order valence-electron chi connectivity index (χ4n) is 3.17. The van der Waals surface area contributed by atoms with Crippen molar-refractivity contribution in [2.24, 2.45) is 0 Å². The number of nitrogens with zero attached hydrogens (tertiary/aromatic N) is 1. The van der Waals surface area contributed by atoms with Gasteiger partial charge in [-0.1, -0.05) is 18.2 Å². The Morgan fingerprint density at radius 1 is 1.25 bits per heavy atom. The zero-order chi connectivity index (χ0) is 17.1. The molecule has 0 saturated carbocycles. The second kappa shape index (κ2) is 7.05. The molecule has 1 aliphatic rings. The number of hydrogen-bond donors (Lipinski definition) is 1. The summed E-state index contributed by atoms with van der Waals surface area (Å²) in [6, 6.07) is 15.7. The highest BCUT2D eigenvalue weighted by Gasteiger charge is 2.27. The quantitative estimate of drug-likeness (QED) is 0.829. The van der Waals surface area contributed by atoms with Crippen molar-refractivity contribution in [2.75, 3.05) is 18.1 Å². The van der Waals surface area contributed by atoms with Gasteiger partial charge < -0.3 is 14.7 Å². The molecule has 1 aliphatic heterocycles. The lowest BCUT2D eigenvalue weighted by Gasteiger charge is -2.27. The topological polar surface area (TPSA) is 49.8 Å². The number of carbonyl (C=O) groups excluding carboxylic acids is 1. The molecule has 1 heterocycles. The van der Waals surface area contributed by atoms with Crippen molar-refractivity contribution in [3.05, 3.63) is 59.7 Å². The van der Waals surface area contributed by atoms with Crippen LogP contribution in [0.2, 0.25) is 0 Å². The van der Waals surface area contributed by atoms with E-state index >= 15 is 0 Å². The van der Waals surface area contributed by atoms with E-state index in [4.69, 9.17) is 4.74 Å². The lowest BCUT2D eigenvalue weighted by molar-refractivity contribution is 0.101. The lowest BCUT2D eigenvalue weighted by atomic mass is 10.1. The maximum Gasteiger partial charge on any atom is 0.159 e. The van der Waals surface area contributed by atoms with Gasteiger partial charge in [0.2, 0.25) is 0 Å². The van der Waals surface area contributed by atoms with E-state index in [0.29, 0.717) is 23.9 Å². The molecule has 4 heteroatoms. The fraction of sp³-hybridized carbons (Fsp3) is 0.350. The summed E-state index contributed by atoms with van der Waals surface area (Å²) in [5, 5.41) is 10.3. The molecule has 0 unspecified atom stereocenters. The van der Waals surface area contributed by atoms with E-state index in [1.54, 1.807) is 24.3 Å². The van der Waals surface area contributed by atoms with Crippen LogP contribution in [0.3, 0.4) is 0 Å². The van der Waals surface area contributed by atoms with Gasteiger partial charge in [-0.3, -0.25) is 4.79 Å². The van der Waals surface area contributed by atoms with Crippen LogP contribution < -0.4 is 9.64 Å². The molecule has 0 spiro atoms. The highest BCUT2D eigenvalue weighted by molar-refractivity contribution is 5.94. The third kappa shape index (κ3) is 3.60. The predicted molar refractivity (Wildman–Crippen MR) is 94.9 cm³/mol. The van der Waals surface area contributed by atoms with Crippen molar-refractivity contribution in [1.29, 1.82) is 0 Å². The van der Waals surface area contributed by atoms with E-state index in [9.17, 15) is 9.90 Å². The first kappa shape index (κ1) is 16.5. The molecule has 24 heavy (non-hydrogen) atoms. The van der Waals surface area contributed by atoms with Crippen LogP contribution in [0.25, 0.3) is 0 Å². The standard InChI is InChI=1S/C20H23NO3/c1-14-11-17-5-3-4-6-20(17)21(14)12-18(23)13-24-19-9-7-16(8-10-19)15(2)22/h3-10,14,18,23H,11-13H2,1-2H3/t14-,18+/m1/s1. The minimum Gasteiger partial charge on any atom is -0.491 e. The van der Waals surface area contributed by atoms with Gasteiger partial charge in [0.1, 0.15) is 18.5 Å². The summed E-state index contributed by atoms with van der Waals surface area (Å²) in [5.41, 5.74) is 3.19. The monoisotopic (exact) mass is 325 g/mol. The first-order valence-corrected chi connectivity index (χ1v) is 8.31. The van der Waals surface area contributed by atoms with E-state index in [-0.39, 0.29) is 12.4 Å². The average Bonchev–Trinajstić information content (AvgIpc) is 2.89. The van der Waals surface area contributed by atoms with E-state index in [0.717, 1.165) is 6.42 Å². The number of Topliss-reactive ketones (excluding diaryl/α,β-unsaturated/α-hetero) is 1. The first-order valence-electron chi connectivity index (χ1n) is 8.31. The van der Waals surface area contributed by atoms with Gasteiger partial charge in [-0.2, -0.15) is 0 Å². The van der Waals surface area contributed by atoms with Crippen LogP contribution in [0, 0.1) is 0 Å². The molecular formula is C20H23NO3. The molecule has 0 aliphatic carbocycles. The number of benzene rings is 2. The summed E-state index contributed by atoms with van der Waals surface area (Å²) in [5.74, 6) is 0.692. The summed E-state index contributed by atoms with van der Waals surface area (Å²) >= 11 is 0. The van der Waals surface area contributed by atoms with Gasteiger partial charge in [0.05, 0.1) is 0 Å². The lowest BCUT2D eigenvalue weighted by Crippen LogP contribution is -2.39. The van der Waals surface area contributed by atoms with Crippen molar-refractivity contribution in [3.63, 3.8) is 0 Å². The molecule has 2 aromatic carbocycles. The van der Waals surface area contributed by atoms with Gasteiger partial charge in [-0.15, -0.1) is 0 Å². The SMILES string of the molecule is CC(=O)c1ccc(OC[C@@H](O)CN2c3ccccc3C[C@H]2C)cc1. The van der Waals surface area contributed by atoms with Gasteiger partial charge in [-0.05, 0) is 56.2 Å². The van der Waals surface area contributed by atoms with Gasteiger partial charge in [-0.25, -0.2) is 0 Å². The van der Waals surface area contributed by atoms with Crippen molar-refractivity contribution in [2.45, 2.75) is 32.4 Å². The van der Waals surface area contributed by atoms with Gasteiger partial charge in [0.25, 0.3) is 0 Å². The second-order valence-electron chi connectivity index (χ2n) is 6.38. The molecule has 2 aromatic rings. The van der Waals surface area contributed by atoms with Crippen molar-refractivity contribution >= 4 is 11.5 Å². The number of aliphatic hydroxyl groups excluding tert-OH is 1. The molecule has 3 rings (SSSR count). The molecule has 0 aromatic heterocycles. The van der Waals surface area contributed by atoms with Crippen LogP contribution in [-0.4, -0.2) is 36.2 Å². The molecule has 0 amide bonds. The number of aliphatic hydroxyl groups is 1. The second-order valence-corrected chi connectivity index (χ2v) is 6.38. The minimum atomic E-state index is -0.578. The number of β-amino-alcohol motifs (C(OH)–C–C–N with tert-alkyl or cyclic N) is 1. The highest BCUT2D eigenvalue weighted by Crippen LogP contribution is 2.31. The zero-order valence-electron chi connectivity index (χ0n) is 14.1. The molecule has 1 N–H and O–H groups in total. The molecule has 0 bridgehead atoms. The number of para-hydroxylation sites is 1. The molecule has 126 valence electrons. The van der Waals surface area contributed by atoms with E-state index in [1.165, 1.54) is 18.2 Å². The van der Waals surface area contributed by atoms with E-state index < -0.39 is 6.10 Å². The molecule has 2 atom stereocenters. The van der Waals surface area contributed by atoms with Crippen LogP contribution in [0.15, 0.2) is 48.5 Å². The van der Waals surface area contributed by atoms with Crippen molar-refractivity contribution < 1.29 is 14.6 Å². The van der Waals surface area contributed by atoms with Gasteiger partial charge >= 0.3 is 0 Å². The normalized spacial score (nSPS) is 17.5. The Labute approximate surface area is 142 Å². The average molecular weight is 325 g/mol. The van der Waals surface area contributed by atoms with Crippen LogP contribution in [-0.2, 0) is 6.42 Å². The predicted octanol–water partition coefficient (Wildman–Crippen LogP) is 3.08. The summed E-state index contributed by atoms with van der Waals surface area (Å²) in [6.45, 7) is 4.48. The zero-order valence-corrected chi connectivity index (χ0v) is 14.1. The fourth-order valence-corrected chi connectivity index (χ4v) is 3.17. The number of ketones is 1. The van der Waals surface area contributed by atoms with E-state index in [1.807, 2.05) is 6.07 Å². The Bertz CT molecular complexity index is 711. The van der Waals surface area contributed by atoms with Crippen LogP contribution in [0.4, 0.5) is 5.69 Å². The Morgan fingerprint density at radius 2 is 1.96 bits per heavy atom. The number of hydrogen-bond acceptors (Lipinski definition) is 4. The van der Waals surface area contributed by atoms with Crippen LogP contribution in [0.1, 0.15) is 29.8 Å². The van der Waals surface area contributed by atoms with Crippen LogP contribution >= 0.6 is 0 Å². The minimum absolute atomic E-state index is 0.0308. The molecule has 0 saturated heterocycles. The highest BCUT2D eigenvalue weighted by atomic mass is 16.5. The Balaban J connectivity index is 1.56. The van der Waals surface area contributed by atoms with E-state index in [2.05, 4.69) is 30.0 Å². The first-order chi connectivity index (χ1) is 11.5. The number of rotatable bonds is 6. The summed E-state index contributed by atoms with van der Waals surface area (Å²) in [7, 11) is 0. The smallest absolute Gasteiger partial charge is 0.159 e. The van der Waals surface area contributed by atoms with Crippen molar-refractivity contribution in [3.8, 4) is 5.75 Å². The maximum atomic E-state index is 11.3.